The summed E-state index contributed by atoms with van der Waals surface area (Å²) in [5, 5.41) is 0. The van der Waals surface area contributed by atoms with Gasteiger partial charge in [-0.05, 0) is 42.0 Å². The van der Waals surface area contributed by atoms with E-state index in [0.29, 0.717) is 0 Å². The van der Waals surface area contributed by atoms with Gasteiger partial charge in [-0.15, -0.1) is 0 Å². The lowest BCUT2D eigenvalue weighted by Gasteiger charge is -2.10. The third-order valence-corrected chi connectivity index (χ3v) is 3.28. The Morgan fingerprint density at radius 1 is 0.765 bits per heavy atom. The summed E-state index contributed by atoms with van der Waals surface area (Å²) in [6.07, 6.45) is 3.45. The summed E-state index contributed by atoms with van der Waals surface area (Å²) >= 11 is 0. The number of hydrogen-bond acceptors (Lipinski definition) is 0. The van der Waals surface area contributed by atoms with Gasteiger partial charge in [-0.3, -0.25) is 0 Å². The summed E-state index contributed by atoms with van der Waals surface area (Å²) in [6.45, 7) is 4.43. The van der Waals surface area contributed by atoms with Crippen molar-refractivity contribution in [2.75, 3.05) is 0 Å². The molecule has 0 unspecified atom stereocenters. The van der Waals surface area contributed by atoms with Gasteiger partial charge in [0.15, 0.2) is 0 Å². The molecule has 0 amide bonds. The Morgan fingerprint density at radius 2 is 1.35 bits per heavy atom. The van der Waals surface area contributed by atoms with Gasteiger partial charge in [0.1, 0.15) is 0 Å². The normalized spacial score (nSPS) is 10.5. The largest absolute Gasteiger partial charge is 0.0651 e. The highest BCUT2D eigenvalue weighted by Crippen LogP contribution is 2.18. The first kappa shape index (κ1) is 11.9. The predicted octanol–water partition coefficient (Wildman–Crippen LogP) is 4.54. The van der Waals surface area contributed by atoms with E-state index in [0.717, 1.165) is 6.42 Å². The molecule has 88 valence electrons. The predicted molar refractivity (Wildman–Crippen MR) is 74.4 cm³/mol. The maximum Gasteiger partial charge on any atom is -0.00204 e. The first-order chi connectivity index (χ1) is 8.31. The molecule has 0 N–H and O–H groups in total. The molecule has 17 heavy (non-hydrogen) atoms. The summed E-state index contributed by atoms with van der Waals surface area (Å²) < 4.78 is 0. The van der Waals surface area contributed by atoms with Crippen LogP contribution in [0.25, 0.3) is 0 Å². The molecule has 0 radical (unpaired) electrons. The molecule has 0 atom stereocenters. The minimum absolute atomic E-state index is 1.06. The fourth-order valence-electron chi connectivity index (χ4n) is 2.26. The fourth-order valence-corrected chi connectivity index (χ4v) is 2.26. The third-order valence-electron chi connectivity index (χ3n) is 3.28. The molecule has 0 heteroatoms. The monoisotopic (exact) mass is 224 g/mol. The molecule has 0 aliphatic carbocycles. The van der Waals surface area contributed by atoms with Crippen LogP contribution in [0.1, 0.15) is 35.6 Å². The highest BCUT2D eigenvalue weighted by Gasteiger charge is 2.03. The van der Waals surface area contributed by atoms with Crippen LogP contribution >= 0.6 is 0 Å². The SMILES string of the molecule is CCCc1ccccc1Cc1ccccc1C. The van der Waals surface area contributed by atoms with Gasteiger partial charge in [0.25, 0.3) is 0 Å². The van der Waals surface area contributed by atoms with Crippen molar-refractivity contribution in [3.05, 3.63) is 70.8 Å². The van der Waals surface area contributed by atoms with Crippen molar-refractivity contribution in [2.24, 2.45) is 0 Å². The van der Waals surface area contributed by atoms with E-state index in [9.17, 15) is 0 Å². The zero-order chi connectivity index (χ0) is 12.1. The Hall–Kier alpha value is -1.56. The maximum atomic E-state index is 2.26. The van der Waals surface area contributed by atoms with Crippen molar-refractivity contribution in [2.45, 2.75) is 33.1 Å². The van der Waals surface area contributed by atoms with Crippen LogP contribution < -0.4 is 0 Å². The second-order valence-electron chi connectivity index (χ2n) is 4.62. The van der Waals surface area contributed by atoms with Crippen molar-refractivity contribution in [3.63, 3.8) is 0 Å². The highest BCUT2D eigenvalue weighted by molar-refractivity contribution is 5.36. The Labute approximate surface area is 104 Å². The van der Waals surface area contributed by atoms with Crippen molar-refractivity contribution < 1.29 is 0 Å². The molecule has 0 nitrogen and oxygen atoms in total. The van der Waals surface area contributed by atoms with Crippen LogP contribution in [0.15, 0.2) is 48.5 Å². The quantitative estimate of drug-likeness (QED) is 0.715. The van der Waals surface area contributed by atoms with Gasteiger partial charge in [-0.2, -0.15) is 0 Å². The molecule has 0 fully saturated rings. The van der Waals surface area contributed by atoms with E-state index in [-0.39, 0.29) is 0 Å². The summed E-state index contributed by atoms with van der Waals surface area (Å²) in [5.74, 6) is 0. The first-order valence-electron chi connectivity index (χ1n) is 6.42. The standard InChI is InChI=1S/C17H20/c1-3-8-15-10-6-7-12-17(15)13-16-11-5-4-9-14(16)2/h4-7,9-12H,3,8,13H2,1-2H3. The van der Waals surface area contributed by atoms with Crippen LogP contribution in [0.3, 0.4) is 0 Å². The number of aryl methyl sites for hydroxylation is 2. The molecule has 0 heterocycles. The van der Waals surface area contributed by atoms with E-state index in [2.05, 4.69) is 62.4 Å². The Morgan fingerprint density at radius 3 is 2.00 bits per heavy atom. The molecule has 0 saturated carbocycles. The van der Waals surface area contributed by atoms with Crippen molar-refractivity contribution in [1.29, 1.82) is 0 Å². The van der Waals surface area contributed by atoms with Gasteiger partial charge in [0.2, 0.25) is 0 Å². The van der Waals surface area contributed by atoms with E-state index < -0.39 is 0 Å². The lowest BCUT2D eigenvalue weighted by Crippen LogP contribution is -1.96. The molecule has 2 aromatic carbocycles. The van der Waals surface area contributed by atoms with E-state index in [1.165, 1.54) is 35.1 Å². The van der Waals surface area contributed by atoms with Gasteiger partial charge >= 0.3 is 0 Å². The lowest BCUT2D eigenvalue weighted by atomic mass is 9.95. The van der Waals surface area contributed by atoms with Crippen molar-refractivity contribution >= 4 is 0 Å². The molecular formula is C17H20. The van der Waals surface area contributed by atoms with Crippen LogP contribution in [-0.4, -0.2) is 0 Å². The van der Waals surface area contributed by atoms with Crippen molar-refractivity contribution in [3.8, 4) is 0 Å². The van der Waals surface area contributed by atoms with Crippen LogP contribution in [0.5, 0.6) is 0 Å². The third kappa shape index (κ3) is 2.97. The van der Waals surface area contributed by atoms with Crippen LogP contribution in [0.2, 0.25) is 0 Å². The summed E-state index contributed by atoms with van der Waals surface area (Å²) in [5.41, 5.74) is 5.80. The highest BCUT2D eigenvalue weighted by atomic mass is 14.1. The topological polar surface area (TPSA) is 0 Å². The van der Waals surface area contributed by atoms with Crippen LogP contribution in [-0.2, 0) is 12.8 Å². The Kier molecular flexibility index (Phi) is 3.98. The van der Waals surface area contributed by atoms with Gasteiger partial charge < -0.3 is 0 Å². The average molecular weight is 224 g/mol. The zero-order valence-corrected chi connectivity index (χ0v) is 10.7. The smallest absolute Gasteiger partial charge is 0.00204 e. The Balaban J connectivity index is 2.27. The van der Waals surface area contributed by atoms with Crippen LogP contribution in [0, 0.1) is 6.92 Å². The average Bonchev–Trinajstić information content (AvgIpc) is 2.35. The summed E-state index contributed by atoms with van der Waals surface area (Å²) in [7, 11) is 0. The molecule has 2 aromatic rings. The number of hydrogen-bond donors (Lipinski definition) is 0. The maximum absolute atomic E-state index is 2.26. The van der Waals surface area contributed by atoms with Gasteiger partial charge in [0, 0.05) is 0 Å². The minimum Gasteiger partial charge on any atom is -0.0651 e. The molecule has 0 aliphatic rings. The molecule has 0 aromatic heterocycles. The molecule has 0 bridgehead atoms. The lowest BCUT2D eigenvalue weighted by molar-refractivity contribution is 0.903. The minimum atomic E-state index is 1.06. The van der Waals surface area contributed by atoms with Crippen molar-refractivity contribution in [1.82, 2.24) is 0 Å². The van der Waals surface area contributed by atoms with E-state index in [1.54, 1.807) is 0 Å². The molecule has 0 aliphatic heterocycles. The fraction of sp³-hybridized carbons (Fsp3) is 0.294. The second-order valence-corrected chi connectivity index (χ2v) is 4.62. The van der Waals surface area contributed by atoms with Gasteiger partial charge in [-0.25, -0.2) is 0 Å². The Bertz CT molecular complexity index is 483. The van der Waals surface area contributed by atoms with Gasteiger partial charge in [0.05, 0.1) is 0 Å². The van der Waals surface area contributed by atoms with Crippen LogP contribution in [0.4, 0.5) is 0 Å². The zero-order valence-electron chi connectivity index (χ0n) is 10.7. The summed E-state index contributed by atoms with van der Waals surface area (Å²) in [6, 6.07) is 17.5. The number of rotatable bonds is 4. The molecular weight excluding hydrogens is 204 g/mol. The first-order valence-corrected chi connectivity index (χ1v) is 6.42. The number of benzene rings is 2. The van der Waals surface area contributed by atoms with E-state index >= 15 is 0 Å². The van der Waals surface area contributed by atoms with E-state index in [1.807, 2.05) is 0 Å². The summed E-state index contributed by atoms with van der Waals surface area (Å²) in [4.78, 5) is 0. The van der Waals surface area contributed by atoms with E-state index in [4.69, 9.17) is 0 Å². The van der Waals surface area contributed by atoms with Gasteiger partial charge in [-0.1, -0.05) is 61.9 Å². The molecule has 0 spiro atoms. The second kappa shape index (κ2) is 5.67. The molecule has 2 rings (SSSR count). The molecule has 0 saturated heterocycles.